The zero-order valence-corrected chi connectivity index (χ0v) is 10.7. The number of carbonyl (C=O) groups is 2. The molecule has 1 aromatic rings. The van der Waals surface area contributed by atoms with Crippen molar-refractivity contribution >= 4 is 17.6 Å². The van der Waals surface area contributed by atoms with Crippen LogP contribution in [0.3, 0.4) is 0 Å². The van der Waals surface area contributed by atoms with Crippen LogP contribution in [0.2, 0.25) is 0 Å². The molecular weight excluding hydrogens is 258 g/mol. The molecule has 0 saturated carbocycles. The number of nitrogens with zero attached hydrogens (tertiary/aromatic N) is 1. The number of aliphatic carboxylic acids is 1. The highest BCUT2D eigenvalue weighted by Crippen LogP contribution is 2.42. The molecule has 3 unspecified atom stereocenters. The number of anilines is 1. The number of fused-ring (bicyclic) bond motifs is 1. The van der Waals surface area contributed by atoms with Gasteiger partial charge in [0.1, 0.15) is 5.92 Å². The van der Waals surface area contributed by atoms with Crippen LogP contribution in [0.25, 0.3) is 0 Å². The summed E-state index contributed by atoms with van der Waals surface area (Å²) >= 11 is 0. The van der Waals surface area contributed by atoms with Gasteiger partial charge in [-0.15, -0.1) is 0 Å². The Morgan fingerprint density at radius 1 is 1.50 bits per heavy atom. The van der Waals surface area contributed by atoms with E-state index in [9.17, 15) is 14.7 Å². The fraction of sp³-hybridized carbons (Fsp3) is 0.357. The normalized spacial score (nSPS) is 28.5. The maximum absolute atomic E-state index is 11.7. The van der Waals surface area contributed by atoms with Gasteiger partial charge in [0, 0.05) is 17.8 Å². The number of pyridine rings is 1. The second-order valence-corrected chi connectivity index (χ2v) is 5.24. The average molecular weight is 273 g/mol. The van der Waals surface area contributed by atoms with Crippen molar-refractivity contribution < 1.29 is 14.7 Å². The molecule has 1 amide bonds. The van der Waals surface area contributed by atoms with Crippen molar-refractivity contribution in [3.8, 4) is 0 Å². The molecule has 0 bridgehead atoms. The van der Waals surface area contributed by atoms with Crippen molar-refractivity contribution in [2.75, 3.05) is 5.73 Å². The van der Waals surface area contributed by atoms with E-state index in [0.29, 0.717) is 12.1 Å². The number of rotatable bonds is 2. The molecule has 1 saturated heterocycles. The van der Waals surface area contributed by atoms with Crippen LogP contribution in [0.4, 0.5) is 5.69 Å². The Balaban J connectivity index is 1.90. The van der Waals surface area contributed by atoms with Crippen molar-refractivity contribution in [2.45, 2.75) is 18.8 Å². The van der Waals surface area contributed by atoms with Gasteiger partial charge in [0.25, 0.3) is 0 Å². The predicted octanol–water partition coefficient (Wildman–Crippen LogP) is 0.872. The molecule has 6 heteroatoms. The summed E-state index contributed by atoms with van der Waals surface area (Å²) in [5.41, 5.74) is 8.25. The van der Waals surface area contributed by atoms with Crippen LogP contribution in [0.15, 0.2) is 30.2 Å². The lowest BCUT2D eigenvalue weighted by molar-refractivity contribution is -0.146. The van der Waals surface area contributed by atoms with E-state index < -0.39 is 17.8 Å². The van der Waals surface area contributed by atoms with Crippen LogP contribution in [0.1, 0.15) is 24.3 Å². The van der Waals surface area contributed by atoms with Crippen LogP contribution in [-0.4, -0.2) is 22.0 Å². The Labute approximate surface area is 115 Å². The lowest BCUT2D eigenvalue weighted by atomic mass is 9.76. The fourth-order valence-corrected chi connectivity index (χ4v) is 3.14. The number of carboxylic acids is 1. The Hall–Kier alpha value is -2.37. The first kappa shape index (κ1) is 12.7. The summed E-state index contributed by atoms with van der Waals surface area (Å²) in [4.78, 5) is 26.9. The van der Waals surface area contributed by atoms with Crippen LogP contribution in [0.5, 0.6) is 0 Å². The van der Waals surface area contributed by atoms with Gasteiger partial charge in [-0.1, -0.05) is 6.08 Å². The maximum Gasteiger partial charge on any atom is 0.316 e. The van der Waals surface area contributed by atoms with Crippen LogP contribution in [-0.2, 0) is 9.59 Å². The van der Waals surface area contributed by atoms with Crippen molar-refractivity contribution in [3.63, 3.8) is 0 Å². The number of allylic oxidation sites excluding steroid dienone is 2. The smallest absolute Gasteiger partial charge is 0.316 e. The number of carbonyl (C=O) groups excluding carboxylic acids is 1. The third-order valence-corrected chi connectivity index (χ3v) is 4.11. The van der Waals surface area contributed by atoms with E-state index in [1.54, 1.807) is 12.4 Å². The minimum atomic E-state index is -1.07. The van der Waals surface area contributed by atoms with Crippen LogP contribution >= 0.6 is 0 Å². The molecule has 20 heavy (non-hydrogen) atoms. The second kappa shape index (κ2) is 4.63. The number of carboxylic acid groups (broad SMARTS) is 1. The highest BCUT2D eigenvalue weighted by atomic mass is 16.4. The molecule has 0 aromatic carbocycles. The summed E-state index contributed by atoms with van der Waals surface area (Å²) in [6.07, 6.45) is 6.54. The monoisotopic (exact) mass is 273 g/mol. The first-order valence-electron chi connectivity index (χ1n) is 6.51. The topological polar surface area (TPSA) is 105 Å². The number of nitrogens with one attached hydrogen (secondary N) is 1. The number of hydrogen-bond acceptors (Lipinski definition) is 4. The summed E-state index contributed by atoms with van der Waals surface area (Å²) in [5.74, 6) is -2.64. The van der Waals surface area contributed by atoms with Gasteiger partial charge in [0.2, 0.25) is 5.91 Å². The van der Waals surface area contributed by atoms with Gasteiger partial charge >= 0.3 is 5.97 Å². The molecule has 104 valence electrons. The minimum absolute atomic E-state index is 0.126. The summed E-state index contributed by atoms with van der Waals surface area (Å²) in [6, 6.07) is 1.86. The average Bonchev–Trinajstić information content (AvgIpc) is 2.74. The van der Waals surface area contributed by atoms with Gasteiger partial charge < -0.3 is 16.2 Å². The summed E-state index contributed by atoms with van der Waals surface area (Å²) in [7, 11) is 0. The molecule has 1 fully saturated rings. The molecule has 4 N–H and O–H groups in total. The molecule has 1 aromatic heterocycles. The lowest BCUT2D eigenvalue weighted by Gasteiger charge is -2.27. The highest BCUT2D eigenvalue weighted by molar-refractivity contribution is 6.00. The Morgan fingerprint density at radius 2 is 2.30 bits per heavy atom. The van der Waals surface area contributed by atoms with Crippen molar-refractivity contribution in [1.29, 1.82) is 0 Å². The minimum Gasteiger partial charge on any atom is -0.481 e. The lowest BCUT2D eigenvalue weighted by Crippen LogP contribution is -2.28. The van der Waals surface area contributed by atoms with E-state index in [4.69, 9.17) is 5.73 Å². The van der Waals surface area contributed by atoms with E-state index in [0.717, 1.165) is 17.7 Å². The number of nitrogens with two attached hydrogens (primary N) is 1. The molecular formula is C14H15N3O3. The quantitative estimate of drug-likeness (QED) is 0.693. The number of nitrogen functional groups attached to an aromatic ring is 1. The standard InChI is InChI=1S/C14H15N3O3/c15-10-6-16-4-3-8(10)7-1-2-11-9(5-7)12(14(19)20)13(18)17-11/h2-4,6-7,9,12H,1,5,15H2,(H,17,18)(H,19,20). The molecule has 3 atom stereocenters. The maximum atomic E-state index is 11.7. The molecule has 1 aliphatic carbocycles. The summed E-state index contributed by atoms with van der Waals surface area (Å²) in [6.45, 7) is 0. The summed E-state index contributed by atoms with van der Waals surface area (Å²) in [5, 5.41) is 11.9. The zero-order chi connectivity index (χ0) is 14.3. The number of aromatic nitrogens is 1. The van der Waals surface area contributed by atoms with Gasteiger partial charge in [-0.3, -0.25) is 14.6 Å². The summed E-state index contributed by atoms with van der Waals surface area (Å²) < 4.78 is 0. The molecule has 2 aliphatic rings. The molecule has 3 rings (SSSR count). The molecule has 0 radical (unpaired) electrons. The third kappa shape index (κ3) is 1.93. The van der Waals surface area contributed by atoms with Crippen LogP contribution in [0, 0.1) is 11.8 Å². The SMILES string of the molecule is Nc1cnccc1C1CC=C2NC(=O)C(C(=O)O)C2C1. The Bertz CT molecular complexity index is 611. The number of amides is 1. The van der Waals surface area contributed by atoms with E-state index >= 15 is 0 Å². The molecule has 2 heterocycles. The Kier molecular flexibility index (Phi) is 2.93. The highest BCUT2D eigenvalue weighted by Gasteiger charge is 2.46. The van der Waals surface area contributed by atoms with E-state index in [1.165, 1.54) is 0 Å². The van der Waals surface area contributed by atoms with Crippen molar-refractivity contribution in [2.24, 2.45) is 11.8 Å². The third-order valence-electron chi connectivity index (χ3n) is 4.11. The first-order chi connectivity index (χ1) is 9.58. The van der Waals surface area contributed by atoms with Crippen molar-refractivity contribution in [1.82, 2.24) is 10.3 Å². The zero-order valence-electron chi connectivity index (χ0n) is 10.7. The molecule has 6 nitrogen and oxygen atoms in total. The van der Waals surface area contributed by atoms with Crippen molar-refractivity contribution in [3.05, 3.63) is 35.8 Å². The van der Waals surface area contributed by atoms with E-state index in [-0.39, 0.29) is 11.8 Å². The van der Waals surface area contributed by atoms with Gasteiger partial charge in [0.05, 0.1) is 11.9 Å². The van der Waals surface area contributed by atoms with Gasteiger partial charge in [0.15, 0.2) is 0 Å². The van der Waals surface area contributed by atoms with E-state index in [2.05, 4.69) is 10.3 Å². The van der Waals surface area contributed by atoms with Crippen LogP contribution < -0.4 is 11.1 Å². The van der Waals surface area contributed by atoms with Gasteiger partial charge in [-0.2, -0.15) is 0 Å². The van der Waals surface area contributed by atoms with E-state index in [1.807, 2.05) is 12.1 Å². The molecule has 0 spiro atoms. The second-order valence-electron chi connectivity index (χ2n) is 5.24. The van der Waals surface area contributed by atoms with Gasteiger partial charge in [-0.25, -0.2) is 0 Å². The predicted molar refractivity (Wildman–Crippen MR) is 71.5 cm³/mol. The first-order valence-corrected chi connectivity index (χ1v) is 6.51. The Morgan fingerprint density at radius 3 is 3.00 bits per heavy atom. The number of hydrogen-bond donors (Lipinski definition) is 3. The van der Waals surface area contributed by atoms with Gasteiger partial charge in [-0.05, 0) is 30.4 Å². The fourth-order valence-electron chi connectivity index (χ4n) is 3.14. The largest absolute Gasteiger partial charge is 0.481 e. The molecule has 1 aliphatic heterocycles.